The molecule has 26 heavy (non-hydrogen) atoms. The molecule has 0 N–H and O–H groups in total. The zero-order valence-corrected chi connectivity index (χ0v) is 15.9. The number of carbonyl (C=O) groups is 1. The molecule has 0 unspecified atom stereocenters. The summed E-state index contributed by atoms with van der Waals surface area (Å²) in [6, 6.07) is 22.4. The molecular weight excluding hydrogens is 340 g/mol. The molecule has 0 aliphatic heterocycles. The van der Waals surface area contributed by atoms with Gasteiger partial charge < -0.3 is 4.74 Å². The van der Waals surface area contributed by atoms with E-state index in [0.29, 0.717) is 12.2 Å². The lowest BCUT2D eigenvalue weighted by molar-refractivity contribution is 0.112. The Balaban J connectivity index is 1.74. The minimum atomic E-state index is 0.392. The van der Waals surface area contributed by atoms with Gasteiger partial charge in [0.05, 0.1) is 0 Å². The molecule has 0 aromatic heterocycles. The van der Waals surface area contributed by atoms with Crippen molar-refractivity contribution in [1.29, 1.82) is 0 Å². The molecule has 0 bridgehead atoms. The number of hydrogen-bond donors (Lipinski definition) is 0. The van der Waals surface area contributed by atoms with Crippen LogP contribution in [0, 0.1) is 13.8 Å². The van der Waals surface area contributed by atoms with E-state index in [1.165, 1.54) is 10.5 Å². The number of para-hydroxylation sites is 1. The van der Waals surface area contributed by atoms with Gasteiger partial charge in [0.15, 0.2) is 0 Å². The summed E-state index contributed by atoms with van der Waals surface area (Å²) in [7, 11) is 0. The third-order valence-corrected chi connectivity index (χ3v) is 5.35. The second kappa shape index (κ2) is 8.72. The van der Waals surface area contributed by atoms with Crippen molar-refractivity contribution in [3.63, 3.8) is 0 Å². The number of aryl methyl sites for hydroxylation is 2. The Bertz CT molecular complexity index is 868. The first-order chi connectivity index (χ1) is 12.7. The van der Waals surface area contributed by atoms with Crippen molar-refractivity contribution in [1.82, 2.24) is 0 Å². The summed E-state index contributed by atoms with van der Waals surface area (Å²) in [5.41, 5.74) is 5.00. The van der Waals surface area contributed by atoms with Crippen molar-refractivity contribution in [3.8, 4) is 5.75 Å². The quantitative estimate of drug-likeness (QED) is 0.381. The van der Waals surface area contributed by atoms with Crippen molar-refractivity contribution in [2.24, 2.45) is 0 Å². The van der Waals surface area contributed by atoms with Gasteiger partial charge in [-0.05, 0) is 42.7 Å². The monoisotopic (exact) mass is 362 g/mol. The van der Waals surface area contributed by atoms with Crippen LogP contribution in [0.1, 0.15) is 32.6 Å². The average Bonchev–Trinajstić information content (AvgIpc) is 2.67. The van der Waals surface area contributed by atoms with Gasteiger partial charge in [0.1, 0.15) is 18.6 Å². The predicted octanol–water partition coefficient (Wildman–Crippen LogP) is 5.99. The maximum absolute atomic E-state index is 11.4. The number of hydrogen-bond acceptors (Lipinski definition) is 3. The summed E-state index contributed by atoms with van der Waals surface area (Å²) < 4.78 is 6.05. The molecule has 3 rings (SSSR count). The molecule has 0 amide bonds. The molecule has 0 aliphatic carbocycles. The molecule has 2 nitrogen and oxygen atoms in total. The van der Waals surface area contributed by atoms with E-state index < -0.39 is 0 Å². The lowest BCUT2D eigenvalue weighted by Gasteiger charge is -2.14. The second-order valence-electron chi connectivity index (χ2n) is 6.26. The molecule has 0 saturated heterocycles. The molecule has 0 atom stereocenters. The van der Waals surface area contributed by atoms with Crippen LogP contribution in [0.2, 0.25) is 0 Å². The van der Waals surface area contributed by atoms with E-state index in [-0.39, 0.29) is 0 Å². The van der Waals surface area contributed by atoms with Crippen LogP contribution in [0.5, 0.6) is 5.75 Å². The van der Waals surface area contributed by atoms with E-state index in [1.807, 2.05) is 62.4 Å². The van der Waals surface area contributed by atoms with Gasteiger partial charge in [0.25, 0.3) is 0 Å². The standard InChI is InChI=1S/C23H22O2S/c1-17-7-6-8-18(2)23(17)25-15-21-13-19(11-12-20(21)14-24)16-26-22-9-4-3-5-10-22/h3-14H,15-16H2,1-2H3. The molecule has 0 spiro atoms. The topological polar surface area (TPSA) is 26.3 Å². The first kappa shape index (κ1) is 18.3. The van der Waals surface area contributed by atoms with Crippen LogP contribution in [0.15, 0.2) is 71.6 Å². The van der Waals surface area contributed by atoms with Gasteiger partial charge >= 0.3 is 0 Å². The summed E-state index contributed by atoms with van der Waals surface area (Å²) in [6.45, 7) is 4.47. The zero-order chi connectivity index (χ0) is 18.4. The maximum Gasteiger partial charge on any atom is 0.150 e. The van der Waals surface area contributed by atoms with E-state index in [4.69, 9.17) is 4.74 Å². The molecule has 3 aromatic rings. The molecule has 0 fully saturated rings. The van der Waals surface area contributed by atoms with Crippen LogP contribution in [-0.2, 0) is 12.4 Å². The fraction of sp³-hybridized carbons (Fsp3) is 0.174. The van der Waals surface area contributed by atoms with Crippen molar-refractivity contribution in [3.05, 3.63) is 94.5 Å². The number of carbonyl (C=O) groups excluding carboxylic acids is 1. The number of benzene rings is 3. The Kier molecular flexibility index (Phi) is 6.13. The summed E-state index contributed by atoms with van der Waals surface area (Å²) in [5, 5.41) is 0. The minimum absolute atomic E-state index is 0.392. The molecule has 3 aromatic carbocycles. The van der Waals surface area contributed by atoms with E-state index in [1.54, 1.807) is 11.8 Å². The molecule has 0 radical (unpaired) electrons. The summed E-state index contributed by atoms with van der Waals surface area (Å²) in [5.74, 6) is 1.76. The largest absolute Gasteiger partial charge is 0.488 e. The first-order valence-corrected chi connectivity index (χ1v) is 9.60. The summed E-state index contributed by atoms with van der Waals surface area (Å²) in [4.78, 5) is 12.6. The van der Waals surface area contributed by atoms with Crippen molar-refractivity contribution in [2.75, 3.05) is 0 Å². The van der Waals surface area contributed by atoms with Gasteiger partial charge in [-0.1, -0.05) is 54.6 Å². The van der Waals surface area contributed by atoms with Crippen molar-refractivity contribution in [2.45, 2.75) is 31.1 Å². The SMILES string of the molecule is Cc1cccc(C)c1OCc1cc(CSc2ccccc2)ccc1C=O. The molecular formula is C23H22O2S. The normalized spacial score (nSPS) is 10.5. The van der Waals surface area contributed by atoms with E-state index >= 15 is 0 Å². The summed E-state index contributed by atoms with van der Waals surface area (Å²) in [6.07, 6.45) is 0.900. The Hall–Kier alpha value is -2.52. The number of thioether (sulfide) groups is 1. The van der Waals surface area contributed by atoms with Gasteiger partial charge in [0, 0.05) is 21.8 Å². The average molecular weight is 362 g/mol. The van der Waals surface area contributed by atoms with E-state index in [2.05, 4.69) is 18.2 Å². The summed E-state index contributed by atoms with van der Waals surface area (Å²) >= 11 is 1.79. The van der Waals surface area contributed by atoms with Gasteiger partial charge in [-0.2, -0.15) is 0 Å². The Morgan fingerprint density at radius 1 is 0.923 bits per heavy atom. The third kappa shape index (κ3) is 4.55. The second-order valence-corrected chi connectivity index (χ2v) is 7.31. The van der Waals surface area contributed by atoms with Crippen LogP contribution in [0.25, 0.3) is 0 Å². The predicted molar refractivity (Wildman–Crippen MR) is 108 cm³/mol. The first-order valence-electron chi connectivity index (χ1n) is 8.61. The minimum Gasteiger partial charge on any atom is -0.488 e. The Labute approximate surface area is 159 Å². The molecule has 0 aliphatic rings. The number of aldehydes is 1. The highest BCUT2D eigenvalue weighted by molar-refractivity contribution is 7.98. The molecule has 3 heteroatoms. The van der Waals surface area contributed by atoms with Gasteiger partial charge in [-0.3, -0.25) is 4.79 Å². The number of rotatable bonds is 7. The fourth-order valence-electron chi connectivity index (χ4n) is 2.85. The van der Waals surface area contributed by atoms with Gasteiger partial charge in [-0.25, -0.2) is 0 Å². The van der Waals surface area contributed by atoms with Crippen LogP contribution in [0.4, 0.5) is 0 Å². The lowest BCUT2D eigenvalue weighted by Crippen LogP contribution is -2.03. The molecule has 0 saturated carbocycles. The Morgan fingerprint density at radius 3 is 2.35 bits per heavy atom. The van der Waals surface area contributed by atoms with Crippen molar-refractivity contribution >= 4 is 18.0 Å². The highest BCUT2D eigenvalue weighted by atomic mass is 32.2. The van der Waals surface area contributed by atoms with Crippen LogP contribution < -0.4 is 4.74 Å². The van der Waals surface area contributed by atoms with Gasteiger partial charge in [0.2, 0.25) is 0 Å². The van der Waals surface area contributed by atoms with E-state index in [9.17, 15) is 4.79 Å². The fourth-order valence-corrected chi connectivity index (χ4v) is 3.71. The smallest absolute Gasteiger partial charge is 0.150 e. The third-order valence-electron chi connectivity index (χ3n) is 4.26. The molecule has 132 valence electrons. The zero-order valence-electron chi connectivity index (χ0n) is 15.1. The van der Waals surface area contributed by atoms with Crippen molar-refractivity contribution < 1.29 is 9.53 Å². The van der Waals surface area contributed by atoms with Crippen LogP contribution in [-0.4, -0.2) is 6.29 Å². The van der Waals surface area contributed by atoms with Crippen LogP contribution >= 0.6 is 11.8 Å². The lowest BCUT2D eigenvalue weighted by atomic mass is 10.1. The molecule has 0 heterocycles. The Morgan fingerprint density at radius 2 is 1.65 bits per heavy atom. The highest BCUT2D eigenvalue weighted by Gasteiger charge is 2.08. The van der Waals surface area contributed by atoms with Gasteiger partial charge in [-0.15, -0.1) is 11.8 Å². The number of ether oxygens (including phenoxy) is 1. The maximum atomic E-state index is 11.4. The van der Waals surface area contributed by atoms with Crippen LogP contribution in [0.3, 0.4) is 0 Å². The highest BCUT2D eigenvalue weighted by Crippen LogP contribution is 2.26. The van der Waals surface area contributed by atoms with E-state index in [0.717, 1.165) is 34.5 Å².